The molecule has 1 nitrogen and oxygen atoms in total. The zero-order chi connectivity index (χ0) is 34.0. The van der Waals surface area contributed by atoms with Crippen molar-refractivity contribution < 1.29 is 0 Å². The molecule has 1 aliphatic rings. The van der Waals surface area contributed by atoms with Crippen LogP contribution < -0.4 is 4.90 Å². The Labute approximate surface area is 295 Å². The van der Waals surface area contributed by atoms with Crippen LogP contribution in [0.25, 0.3) is 66.1 Å². The van der Waals surface area contributed by atoms with Crippen molar-refractivity contribution in [2.24, 2.45) is 0 Å². The molecule has 0 bridgehead atoms. The summed E-state index contributed by atoms with van der Waals surface area (Å²) in [6.45, 7) is 9.10. The minimum Gasteiger partial charge on any atom is -0.310 e. The Morgan fingerprint density at radius 3 is 1.52 bits per heavy atom. The molecule has 0 fully saturated rings. The quantitative estimate of drug-likeness (QED) is 0.181. The Morgan fingerprint density at radius 1 is 0.380 bits per heavy atom. The Morgan fingerprint density at radius 2 is 0.900 bits per heavy atom. The average Bonchev–Trinajstić information content (AvgIpc) is 3.14. The number of fused-ring (bicyclic) bond motifs is 6. The zero-order valence-electron chi connectivity index (χ0n) is 29.0. The minimum atomic E-state index is 0.0341. The van der Waals surface area contributed by atoms with E-state index in [1.165, 1.54) is 82.9 Å². The SMILES string of the molecule is Cc1ccc(C(C)(C)C)cc1N(c1cccc(-c2ccccc2)c1)c1ccc2cc3c(cc2c1)-c1cc2ccc(-c4ccccc4)cc2cc1-3. The summed E-state index contributed by atoms with van der Waals surface area (Å²) >= 11 is 0. The van der Waals surface area contributed by atoms with Gasteiger partial charge in [-0.1, -0.05) is 124 Å². The fourth-order valence-corrected chi connectivity index (χ4v) is 7.56. The van der Waals surface area contributed by atoms with Crippen molar-refractivity contribution in [2.45, 2.75) is 33.1 Å². The summed E-state index contributed by atoms with van der Waals surface area (Å²) in [5.41, 5.74) is 16.4. The van der Waals surface area contributed by atoms with E-state index in [-0.39, 0.29) is 5.41 Å². The predicted octanol–water partition coefficient (Wildman–Crippen LogP) is 14.1. The molecular formula is C49H39N. The lowest BCUT2D eigenvalue weighted by molar-refractivity contribution is 0.590. The third kappa shape index (κ3) is 5.18. The number of rotatable bonds is 5. The van der Waals surface area contributed by atoms with Crippen molar-refractivity contribution in [1.29, 1.82) is 0 Å². The minimum absolute atomic E-state index is 0.0341. The number of nitrogens with zero attached hydrogens (tertiary/aromatic N) is 1. The van der Waals surface area contributed by atoms with Gasteiger partial charge in [-0.05, 0) is 150 Å². The van der Waals surface area contributed by atoms with Crippen LogP contribution in [0.4, 0.5) is 17.1 Å². The summed E-state index contributed by atoms with van der Waals surface area (Å²) in [5, 5.41) is 5.07. The second kappa shape index (κ2) is 11.6. The summed E-state index contributed by atoms with van der Waals surface area (Å²) in [7, 11) is 0. The highest BCUT2D eigenvalue weighted by atomic mass is 15.1. The molecule has 8 aromatic rings. The molecule has 50 heavy (non-hydrogen) atoms. The normalized spacial score (nSPS) is 12.0. The van der Waals surface area contributed by atoms with Crippen molar-refractivity contribution >= 4 is 38.6 Å². The zero-order valence-corrected chi connectivity index (χ0v) is 29.0. The van der Waals surface area contributed by atoms with Crippen molar-refractivity contribution in [3.8, 4) is 44.5 Å². The molecule has 0 aliphatic heterocycles. The van der Waals surface area contributed by atoms with Gasteiger partial charge in [0.1, 0.15) is 0 Å². The van der Waals surface area contributed by atoms with E-state index in [0.29, 0.717) is 0 Å². The van der Waals surface area contributed by atoms with Crippen LogP contribution in [0.1, 0.15) is 31.9 Å². The van der Waals surface area contributed by atoms with Crippen molar-refractivity contribution in [2.75, 3.05) is 4.90 Å². The second-order valence-electron chi connectivity index (χ2n) is 14.8. The lowest BCUT2D eigenvalue weighted by atomic mass is 9.77. The molecule has 1 heteroatoms. The fourth-order valence-electron chi connectivity index (χ4n) is 7.56. The maximum absolute atomic E-state index is 2.45. The van der Waals surface area contributed by atoms with E-state index in [1.54, 1.807) is 0 Å². The molecule has 0 saturated carbocycles. The first kappa shape index (κ1) is 30.2. The number of benzene rings is 8. The highest BCUT2D eigenvalue weighted by Crippen LogP contribution is 2.51. The summed E-state index contributed by atoms with van der Waals surface area (Å²) in [6.07, 6.45) is 0. The molecule has 0 N–H and O–H groups in total. The van der Waals surface area contributed by atoms with Gasteiger partial charge in [0.25, 0.3) is 0 Å². The maximum Gasteiger partial charge on any atom is 0.0493 e. The van der Waals surface area contributed by atoms with Crippen LogP contribution in [0.5, 0.6) is 0 Å². The van der Waals surface area contributed by atoms with Crippen molar-refractivity contribution in [1.82, 2.24) is 0 Å². The van der Waals surface area contributed by atoms with E-state index in [2.05, 4.69) is 196 Å². The average molecular weight is 642 g/mol. The standard InChI is InChI=1S/C49H39N/c1-32-18-22-41(49(2,3)4)31-48(32)50(42-17-11-16-35(25-42)33-12-7-5-8-13-33)43-23-21-38-28-45-46-29-39-24-36(34-14-9-6-10-15-34)19-20-37(39)27-44(46)47(45)30-40(38)26-43/h5-31H,1-4H3. The Hall–Kier alpha value is -5.92. The second-order valence-corrected chi connectivity index (χ2v) is 14.8. The Kier molecular flexibility index (Phi) is 7.00. The summed E-state index contributed by atoms with van der Waals surface area (Å²) in [6, 6.07) is 60.6. The van der Waals surface area contributed by atoms with Crippen LogP contribution in [0.15, 0.2) is 164 Å². The van der Waals surface area contributed by atoms with E-state index in [1.807, 2.05) is 0 Å². The molecular weight excluding hydrogens is 603 g/mol. The largest absolute Gasteiger partial charge is 0.310 e. The third-order valence-electron chi connectivity index (χ3n) is 10.4. The molecule has 8 aromatic carbocycles. The molecule has 1 aliphatic carbocycles. The Balaban J connectivity index is 1.16. The van der Waals surface area contributed by atoms with E-state index in [9.17, 15) is 0 Å². The first-order valence-electron chi connectivity index (χ1n) is 17.6. The number of hydrogen-bond acceptors (Lipinski definition) is 1. The smallest absolute Gasteiger partial charge is 0.0493 e. The van der Waals surface area contributed by atoms with Crippen LogP contribution in [0.3, 0.4) is 0 Å². The van der Waals surface area contributed by atoms with E-state index in [4.69, 9.17) is 0 Å². The molecule has 0 radical (unpaired) electrons. The van der Waals surface area contributed by atoms with E-state index in [0.717, 1.165) is 11.4 Å². The van der Waals surface area contributed by atoms with E-state index < -0.39 is 0 Å². The molecule has 0 heterocycles. The van der Waals surface area contributed by atoms with E-state index >= 15 is 0 Å². The fraction of sp³-hybridized carbons (Fsp3) is 0.102. The van der Waals surface area contributed by atoms with Gasteiger partial charge in [0.2, 0.25) is 0 Å². The Bertz CT molecular complexity index is 2570. The molecule has 0 unspecified atom stereocenters. The monoisotopic (exact) mass is 641 g/mol. The van der Waals surface area contributed by atoms with Crippen molar-refractivity contribution in [3.05, 3.63) is 175 Å². The summed E-state index contributed by atoms with van der Waals surface area (Å²) < 4.78 is 0. The van der Waals surface area contributed by atoms with Gasteiger partial charge < -0.3 is 4.90 Å². The van der Waals surface area contributed by atoms with Gasteiger partial charge in [-0.2, -0.15) is 0 Å². The van der Waals surface area contributed by atoms with Crippen LogP contribution in [-0.2, 0) is 5.41 Å². The van der Waals surface area contributed by atoms with Gasteiger partial charge in [-0.15, -0.1) is 0 Å². The first-order chi connectivity index (χ1) is 24.3. The predicted molar refractivity (Wildman–Crippen MR) is 215 cm³/mol. The van der Waals surface area contributed by atoms with Crippen molar-refractivity contribution in [3.63, 3.8) is 0 Å². The molecule has 9 rings (SSSR count). The van der Waals surface area contributed by atoms with Gasteiger partial charge in [-0.25, -0.2) is 0 Å². The maximum atomic E-state index is 2.45. The lowest BCUT2D eigenvalue weighted by Gasteiger charge is -2.30. The molecule has 240 valence electrons. The van der Waals surface area contributed by atoms with Gasteiger partial charge >= 0.3 is 0 Å². The van der Waals surface area contributed by atoms with Crippen LogP contribution in [0.2, 0.25) is 0 Å². The molecule has 0 aromatic heterocycles. The van der Waals surface area contributed by atoms with Crippen LogP contribution >= 0.6 is 0 Å². The lowest BCUT2D eigenvalue weighted by Crippen LogP contribution is -2.15. The third-order valence-corrected chi connectivity index (χ3v) is 10.4. The topological polar surface area (TPSA) is 3.24 Å². The first-order valence-corrected chi connectivity index (χ1v) is 17.6. The van der Waals surface area contributed by atoms with Crippen LogP contribution in [0, 0.1) is 6.92 Å². The van der Waals surface area contributed by atoms with Gasteiger partial charge in [0.15, 0.2) is 0 Å². The molecule has 0 spiro atoms. The molecule has 0 amide bonds. The number of hydrogen-bond donors (Lipinski definition) is 0. The van der Waals surface area contributed by atoms with Gasteiger partial charge in [0, 0.05) is 17.1 Å². The highest BCUT2D eigenvalue weighted by molar-refractivity contribution is 6.12. The summed E-state index contributed by atoms with van der Waals surface area (Å²) in [4.78, 5) is 2.45. The molecule has 0 saturated heterocycles. The number of anilines is 3. The van der Waals surface area contributed by atoms with Gasteiger partial charge in [0.05, 0.1) is 0 Å². The highest BCUT2D eigenvalue weighted by Gasteiger charge is 2.25. The summed E-state index contributed by atoms with van der Waals surface area (Å²) in [5.74, 6) is 0. The number of aryl methyl sites for hydroxylation is 1. The van der Waals surface area contributed by atoms with Gasteiger partial charge in [-0.3, -0.25) is 0 Å². The molecule has 0 atom stereocenters. The van der Waals surface area contributed by atoms with Crippen LogP contribution in [-0.4, -0.2) is 0 Å².